The number of pyridine rings is 1. The van der Waals surface area contributed by atoms with Gasteiger partial charge in [0.25, 0.3) is 5.56 Å². The molecule has 0 saturated heterocycles. The van der Waals surface area contributed by atoms with Gasteiger partial charge in [-0.15, -0.1) is 0 Å². The molecule has 1 aromatic carbocycles. The summed E-state index contributed by atoms with van der Waals surface area (Å²) >= 11 is 6.36. The van der Waals surface area contributed by atoms with Gasteiger partial charge in [-0.2, -0.15) is 0 Å². The molecule has 0 spiro atoms. The first-order valence-corrected chi connectivity index (χ1v) is 7.88. The van der Waals surface area contributed by atoms with Crippen molar-refractivity contribution >= 4 is 34.8 Å². The van der Waals surface area contributed by atoms with Crippen LogP contribution in [0.15, 0.2) is 47.3 Å². The zero-order valence-electron chi connectivity index (χ0n) is 11.7. The van der Waals surface area contributed by atoms with E-state index in [1.165, 1.54) is 17.5 Å². The van der Waals surface area contributed by atoms with E-state index in [9.17, 15) is 4.79 Å². The third-order valence-corrected chi connectivity index (χ3v) is 3.94. The van der Waals surface area contributed by atoms with Crippen molar-refractivity contribution in [1.29, 1.82) is 0 Å². The SMILES string of the molecule is Cc1ccc(NSCc2ccccc2)c(=O)n1CC(N)=S. The van der Waals surface area contributed by atoms with Gasteiger partial charge in [0, 0.05) is 11.4 Å². The number of thiocarbonyl (C=S) groups is 1. The highest BCUT2D eigenvalue weighted by Gasteiger charge is 2.07. The quantitative estimate of drug-likeness (QED) is 0.633. The Labute approximate surface area is 133 Å². The van der Waals surface area contributed by atoms with Crippen molar-refractivity contribution in [3.05, 3.63) is 64.1 Å². The van der Waals surface area contributed by atoms with Crippen LogP contribution in [0.2, 0.25) is 0 Å². The third-order valence-electron chi connectivity index (χ3n) is 2.97. The first-order valence-electron chi connectivity index (χ1n) is 6.48. The van der Waals surface area contributed by atoms with Crippen molar-refractivity contribution in [2.75, 3.05) is 4.72 Å². The molecule has 1 aromatic heterocycles. The molecular weight excluding hydrogens is 302 g/mol. The van der Waals surface area contributed by atoms with E-state index in [4.69, 9.17) is 18.0 Å². The molecule has 0 amide bonds. The van der Waals surface area contributed by atoms with E-state index in [0.29, 0.717) is 10.7 Å². The molecule has 0 fully saturated rings. The second kappa shape index (κ2) is 7.28. The van der Waals surface area contributed by atoms with E-state index < -0.39 is 0 Å². The fourth-order valence-electron chi connectivity index (χ4n) is 1.87. The molecule has 0 unspecified atom stereocenters. The zero-order valence-corrected chi connectivity index (χ0v) is 13.3. The molecule has 0 aliphatic heterocycles. The number of aryl methyl sites for hydroxylation is 1. The molecule has 0 aliphatic carbocycles. The van der Waals surface area contributed by atoms with Gasteiger partial charge in [-0.25, -0.2) is 0 Å². The summed E-state index contributed by atoms with van der Waals surface area (Å²) in [6, 6.07) is 13.7. The van der Waals surface area contributed by atoms with Crippen LogP contribution in [0.4, 0.5) is 5.69 Å². The Bertz CT molecular complexity index is 683. The van der Waals surface area contributed by atoms with Crippen LogP contribution in [0.3, 0.4) is 0 Å². The predicted molar refractivity (Wildman–Crippen MR) is 93.6 cm³/mol. The Morgan fingerprint density at radius 3 is 2.67 bits per heavy atom. The van der Waals surface area contributed by atoms with E-state index in [2.05, 4.69) is 16.9 Å². The standard InChI is InChI=1S/C15H17N3OS2/c1-11-7-8-13(15(19)18(11)9-14(16)20)17-21-10-12-5-3-2-4-6-12/h2-8,17H,9-10H2,1H3,(H2,16,20). The van der Waals surface area contributed by atoms with Crippen LogP contribution >= 0.6 is 24.2 Å². The summed E-state index contributed by atoms with van der Waals surface area (Å²) < 4.78 is 4.68. The summed E-state index contributed by atoms with van der Waals surface area (Å²) in [5, 5.41) is 0. The molecule has 0 radical (unpaired) electrons. The van der Waals surface area contributed by atoms with Gasteiger partial charge < -0.3 is 15.0 Å². The number of nitrogens with zero attached hydrogens (tertiary/aromatic N) is 1. The summed E-state index contributed by atoms with van der Waals surface area (Å²) in [4.78, 5) is 12.6. The van der Waals surface area contributed by atoms with Crippen molar-refractivity contribution in [3.8, 4) is 0 Å². The lowest BCUT2D eigenvalue weighted by Crippen LogP contribution is -2.29. The molecule has 6 heteroatoms. The monoisotopic (exact) mass is 319 g/mol. The molecule has 0 atom stereocenters. The maximum absolute atomic E-state index is 12.3. The number of aromatic nitrogens is 1. The van der Waals surface area contributed by atoms with E-state index in [0.717, 1.165) is 11.4 Å². The van der Waals surface area contributed by atoms with Gasteiger partial charge in [0.1, 0.15) is 5.69 Å². The average Bonchev–Trinajstić information content (AvgIpc) is 2.47. The molecule has 2 rings (SSSR count). The van der Waals surface area contributed by atoms with Gasteiger partial charge in [-0.3, -0.25) is 4.79 Å². The third kappa shape index (κ3) is 4.34. The predicted octanol–water partition coefficient (Wildman–Crippen LogP) is 2.70. The number of rotatable bonds is 6. The molecule has 21 heavy (non-hydrogen) atoms. The number of anilines is 1. The van der Waals surface area contributed by atoms with Gasteiger partial charge in [0.15, 0.2) is 0 Å². The Morgan fingerprint density at radius 2 is 2.00 bits per heavy atom. The van der Waals surface area contributed by atoms with Crippen molar-refractivity contribution in [3.63, 3.8) is 0 Å². The van der Waals surface area contributed by atoms with Crippen LogP contribution in [0, 0.1) is 6.92 Å². The smallest absolute Gasteiger partial charge is 0.275 e. The second-order valence-corrected chi connectivity index (χ2v) is 5.93. The number of nitrogens with two attached hydrogens (primary N) is 1. The first-order chi connectivity index (χ1) is 10.1. The van der Waals surface area contributed by atoms with Crippen molar-refractivity contribution in [2.24, 2.45) is 5.73 Å². The lowest BCUT2D eigenvalue weighted by atomic mass is 10.2. The van der Waals surface area contributed by atoms with Crippen LogP contribution < -0.4 is 16.0 Å². The highest BCUT2D eigenvalue weighted by atomic mass is 32.2. The molecule has 4 nitrogen and oxygen atoms in total. The Morgan fingerprint density at radius 1 is 1.29 bits per heavy atom. The maximum atomic E-state index is 12.3. The molecule has 0 bridgehead atoms. The maximum Gasteiger partial charge on any atom is 0.275 e. The first kappa shape index (κ1) is 15.6. The van der Waals surface area contributed by atoms with E-state index in [1.54, 1.807) is 10.6 Å². The van der Waals surface area contributed by atoms with Crippen LogP contribution in [-0.4, -0.2) is 9.56 Å². The fraction of sp³-hybridized carbons (Fsp3) is 0.200. The van der Waals surface area contributed by atoms with Gasteiger partial charge in [-0.1, -0.05) is 42.5 Å². The number of nitrogens with one attached hydrogen (secondary N) is 1. The minimum atomic E-state index is -0.108. The Balaban J connectivity index is 2.07. The molecule has 2 aromatic rings. The summed E-state index contributed by atoms with van der Waals surface area (Å²) in [5.74, 6) is 0.781. The Hall–Kier alpha value is -1.79. The van der Waals surface area contributed by atoms with Gasteiger partial charge in [0.2, 0.25) is 0 Å². The summed E-state index contributed by atoms with van der Waals surface area (Å²) in [5.41, 5.74) is 8.01. The lowest BCUT2D eigenvalue weighted by molar-refractivity contribution is 0.776. The summed E-state index contributed by atoms with van der Waals surface area (Å²) in [6.07, 6.45) is 0. The number of benzene rings is 1. The van der Waals surface area contributed by atoms with Crippen LogP contribution in [0.25, 0.3) is 0 Å². The minimum Gasteiger partial charge on any atom is -0.392 e. The highest BCUT2D eigenvalue weighted by molar-refractivity contribution is 7.99. The van der Waals surface area contributed by atoms with E-state index in [1.807, 2.05) is 31.2 Å². The normalized spacial score (nSPS) is 10.3. The average molecular weight is 319 g/mol. The zero-order chi connectivity index (χ0) is 15.2. The van der Waals surface area contributed by atoms with Crippen molar-refractivity contribution in [1.82, 2.24) is 4.57 Å². The van der Waals surface area contributed by atoms with E-state index >= 15 is 0 Å². The summed E-state index contributed by atoms with van der Waals surface area (Å²) in [6.45, 7) is 2.12. The number of hydrogen-bond acceptors (Lipinski definition) is 4. The van der Waals surface area contributed by atoms with Crippen molar-refractivity contribution in [2.45, 2.75) is 19.2 Å². The van der Waals surface area contributed by atoms with Crippen LogP contribution in [0.1, 0.15) is 11.3 Å². The molecule has 3 N–H and O–H groups in total. The molecular formula is C15H17N3OS2. The Kier molecular flexibility index (Phi) is 5.41. The molecule has 0 aliphatic rings. The van der Waals surface area contributed by atoms with Crippen molar-refractivity contribution < 1.29 is 0 Å². The topological polar surface area (TPSA) is 60.0 Å². The van der Waals surface area contributed by atoms with E-state index in [-0.39, 0.29) is 12.1 Å². The number of hydrogen-bond donors (Lipinski definition) is 2. The highest BCUT2D eigenvalue weighted by Crippen LogP contribution is 2.14. The van der Waals surface area contributed by atoms with Gasteiger partial charge in [0.05, 0.1) is 11.5 Å². The van der Waals surface area contributed by atoms with Crippen LogP contribution in [0.5, 0.6) is 0 Å². The fourth-order valence-corrected chi connectivity index (χ4v) is 2.74. The summed E-state index contributed by atoms with van der Waals surface area (Å²) in [7, 11) is 0. The van der Waals surface area contributed by atoms with Gasteiger partial charge >= 0.3 is 0 Å². The second-order valence-electron chi connectivity index (χ2n) is 4.62. The molecule has 110 valence electrons. The van der Waals surface area contributed by atoms with Gasteiger partial charge in [-0.05, 0) is 36.6 Å². The molecule has 1 heterocycles. The van der Waals surface area contributed by atoms with Crippen LogP contribution in [-0.2, 0) is 12.3 Å². The largest absolute Gasteiger partial charge is 0.392 e. The lowest BCUT2D eigenvalue weighted by Gasteiger charge is -2.12. The molecule has 0 saturated carbocycles. The minimum absolute atomic E-state index is 0.108.